The molecule has 2 aliphatic heterocycles. The summed E-state index contributed by atoms with van der Waals surface area (Å²) in [4.78, 5) is 32.8. The molecule has 0 bridgehead atoms. The number of aromatic nitrogens is 1. The van der Waals surface area contributed by atoms with E-state index in [4.69, 9.17) is 0 Å². The summed E-state index contributed by atoms with van der Waals surface area (Å²) >= 11 is 3.33. The quantitative estimate of drug-likeness (QED) is 0.421. The molecular formula is C26H23BrFN5O2. The molecule has 3 heterocycles. The number of para-hydroxylation sites is 2. The third-order valence-electron chi connectivity index (χ3n) is 6.13. The topological polar surface area (TPSA) is 77.6 Å². The summed E-state index contributed by atoms with van der Waals surface area (Å²) in [5, 5.41) is 6.07. The van der Waals surface area contributed by atoms with Gasteiger partial charge in [0.05, 0.1) is 22.6 Å². The van der Waals surface area contributed by atoms with Gasteiger partial charge in [-0.15, -0.1) is 0 Å². The fourth-order valence-electron chi connectivity index (χ4n) is 4.11. The molecule has 178 valence electrons. The van der Waals surface area contributed by atoms with Gasteiger partial charge in [0.1, 0.15) is 11.6 Å². The Kier molecular flexibility index (Phi) is 6.50. The number of carbonyl (C=O) groups excluding carboxylic acids is 2. The molecule has 7 nitrogen and oxygen atoms in total. The second kappa shape index (κ2) is 9.87. The summed E-state index contributed by atoms with van der Waals surface area (Å²) in [6.45, 7) is 2.81. The summed E-state index contributed by atoms with van der Waals surface area (Å²) in [6, 6.07) is 15.0. The molecule has 2 N–H and O–H groups in total. The highest BCUT2D eigenvalue weighted by Crippen LogP contribution is 2.33. The minimum atomic E-state index is -0.601. The Morgan fingerprint density at radius 1 is 1.17 bits per heavy atom. The number of pyridine rings is 1. The maximum atomic E-state index is 15.2. The Balaban J connectivity index is 1.41. The summed E-state index contributed by atoms with van der Waals surface area (Å²) < 4.78 is 15.9. The molecular weight excluding hydrogens is 513 g/mol. The first-order chi connectivity index (χ1) is 17.0. The molecule has 0 aliphatic carbocycles. The normalized spacial score (nSPS) is 15.9. The number of likely N-dealkylation sites (tertiary alicyclic amines) is 1. The second-order valence-corrected chi connectivity index (χ2v) is 9.24. The lowest BCUT2D eigenvalue weighted by Gasteiger charge is -2.39. The van der Waals surface area contributed by atoms with Crippen molar-refractivity contribution in [3.05, 3.63) is 87.9 Å². The minimum absolute atomic E-state index is 0.0718. The number of hydrogen-bond donors (Lipinski definition) is 2. The molecule has 0 atom stereocenters. The first kappa shape index (κ1) is 23.0. The van der Waals surface area contributed by atoms with Crippen molar-refractivity contribution in [1.82, 2.24) is 15.2 Å². The van der Waals surface area contributed by atoms with Crippen LogP contribution in [-0.4, -0.2) is 41.8 Å². The van der Waals surface area contributed by atoms with E-state index >= 15 is 4.39 Å². The van der Waals surface area contributed by atoms with Crippen LogP contribution in [0, 0.1) is 5.82 Å². The van der Waals surface area contributed by atoms with Gasteiger partial charge < -0.3 is 15.5 Å². The van der Waals surface area contributed by atoms with Gasteiger partial charge in [-0.05, 0) is 58.7 Å². The lowest BCUT2D eigenvalue weighted by molar-refractivity contribution is -0.106. The number of nitrogens with one attached hydrogen (secondary N) is 2. The minimum Gasteiger partial charge on any atom is -0.386 e. The largest absolute Gasteiger partial charge is 0.386 e. The highest BCUT2D eigenvalue weighted by atomic mass is 79.9. The van der Waals surface area contributed by atoms with Crippen LogP contribution in [0.1, 0.15) is 28.8 Å². The average Bonchev–Trinajstić information content (AvgIpc) is 2.79. The molecule has 9 heteroatoms. The Bertz CT molecular complexity index is 1300. The zero-order valence-corrected chi connectivity index (χ0v) is 20.4. The maximum absolute atomic E-state index is 15.2. The van der Waals surface area contributed by atoms with Crippen LogP contribution in [-0.2, 0) is 4.79 Å². The van der Waals surface area contributed by atoms with Gasteiger partial charge in [0.2, 0.25) is 6.41 Å². The smallest absolute Gasteiger partial charge is 0.258 e. The molecule has 0 unspecified atom stereocenters. The predicted octanol–water partition coefficient (Wildman–Crippen LogP) is 4.90. The van der Waals surface area contributed by atoms with E-state index in [1.807, 2.05) is 0 Å². The van der Waals surface area contributed by atoms with Crippen LogP contribution in [0.3, 0.4) is 0 Å². The van der Waals surface area contributed by atoms with Crippen molar-refractivity contribution < 1.29 is 14.0 Å². The van der Waals surface area contributed by atoms with Crippen LogP contribution >= 0.6 is 15.9 Å². The molecule has 2 aliphatic rings. The molecule has 5 rings (SSSR count). The van der Waals surface area contributed by atoms with Crippen LogP contribution < -0.4 is 15.5 Å². The van der Waals surface area contributed by atoms with Crippen molar-refractivity contribution >= 4 is 51.1 Å². The fourth-order valence-corrected chi connectivity index (χ4v) is 4.34. The highest BCUT2D eigenvalue weighted by Gasteiger charge is 2.26. The molecule has 1 aromatic heterocycles. The Labute approximate surface area is 210 Å². The number of anilines is 3. The van der Waals surface area contributed by atoms with Crippen molar-refractivity contribution in [2.45, 2.75) is 12.8 Å². The molecule has 0 spiro atoms. The molecule has 2 fully saturated rings. The Morgan fingerprint density at radius 3 is 2.57 bits per heavy atom. The lowest BCUT2D eigenvalue weighted by atomic mass is 9.99. The maximum Gasteiger partial charge on any atom is 0.258 e. The number of benzene rings is 2. The van der Waals surface area contributed by atoms with Gasteiger partial charge in [0.15, 0.2) is 0 Å². The van der Waals surface area contributed by atoms with Crippen molar-refractivity contribution in [3.8, 4) is 0 Å². The summed E-state index contributed by atoms with van der Waals surface area (Å²) in [7, 11) is 0. The number of hydrogen-bond acceptors (Lipinski definition) is 5. The summed E-state index contributed by atoms with van der Waals surface area (Å²) in [5.41, 5.74) is 3.60. The monoisotopic (exact) mass is 535 g/mol. The highest BCUT2D eigenvalue weighted by molar-refractivity contribution is 9.10. The van der Waals surface area contributed by atoms with E-state index < -0.39 is 11.7 Å². The van der Waals surface area contributed by atoms with Crippen LogP contribution in [0.25, 0.3) is 5.70 Å². The summed E-state index contributed by atoms with van der Waals surface area (Å²) in [5.74, 6) is -0.815. The van der Waals surface area contributed by atoms with Gasteiger partial charge >= 0.3 is 0 Å². The van der Waals surface area contributed by atoms with Gasteiger partial charge in [-0.2, -0.15) is 0 Å². The molecule has 2 aromatic carbocycles. The van der Waals surface area contributed by atoms with E-state index in [0.29, 0.717) is 23.6 Å². The standard InChI is InChI=1S/C26H23BrFN5O2/c27-18-7-9-24(30-15-18)33(16-34)23-5-2-1-4-21(23)31-26(35)19-8-6-17(14-20(19)28)25(22-10-11-29-22)32-12-3-13-32/h1-2,4-9,14-16,29H,3,10-13H2,(H,31,35). The second-order valence-electron chi connectivity index (χ2n) is 8.32. The Hall–Kier alpha value is -3.72. The first-order valence-electron chi connectivity index (χ1n) is 11.3. The van der Waals surface area contributed by atoms with Gasteiger partial charge in [0.25, 0.3) is 5.91 Å². The number of carbonyl (C=O) groups is 2. The fraction of sp³-hybridized carbons (Fsp3) is 0.192. The van der Waals surface area contributed by atoms with Crippen molar-refractivity contribution in [2.75, 3.05) is 29.9 Å². The first-order valence-corrected chi connectivity index (χ1v) is 12.1. The van der Waals surface area contributed by atoms with Crippen molar-refractivity contribution in [2.24, 2.45) is 0 Å². The molecule has 35 heavy (non-hydrogen) atoms. The Morgan fingerprint density at radius 2 is 1.97 bits per heavy atom. The lowest BCUT2D eigenvalue weighted by Crippen LogP contribution is -2.40. The van der Waals surface area contributed by atoms with Gasteiger partial charge in [0, 0.05) is 48.0 Å². The van der Waals surface area contributed by atoms with E-state index in [1.165, 1.54) is 17.0 Å². The third kappa shape index (κ3) is 4.64. The van der Waals surface area contributed by atoms with Crippen LogP contribution in [0.2, 0.25) is 0 Å². The van der Waals surface area contributed by atoms with E-state index in [0.717, 1.165) is 53.9 Å². The number of nitrogens with zero attached hydrogens (tertiary/aromatic N) is 3. The molecule has 0 saturated carbocycles. The number of amides is 2. The van der Waals surface area contributed by atoms with E-state index in [1.54, 1.807) is 48.7 Å². The van der Waals surface area contributed by atoms with Gasteiger partial charge in [-0.25, -0.2) is 9.37 Å². The average molecular weight is 536 g/mol. The van der Waals surface area contributed by atoms with Crippen LogP contribution in [0.15, 0.2) is 71.0 Å². The van der Waals surface area contributed by atoms with E-state index in [2.05, 4.69) is 36.4 Å². The predicted molar refractivity (Wildman–Crippen MR) is 137 cm³/mol. The number of rotatable bonds is 7. The van der Waals surface area contributed by atoms with Crippen LogP contribution in [0.4, 0.5) is 21.6 Å². The van der Waals surface area contributed by atoms with Crippen molar-refractivity contribution in [1.29, 1.82) is 0 Å². The molecule has 3 aromatic rings. The zero-order chi connectivity index (χ0) is 24.4. The van der Waals surface area contributed by atoms with E-state index in [9.17, 15) is 9.59 Å². The van der Waals surface area contributed by atoms with Gasteiger partial charge in [-0.3, -0.25) is 14.5 Å². The SMILES string of the molecule is O=CN(c1ccc(Br)cn1)c1ccccc1NC(=O)c1ccc(C(=C2CCN2)N2CCC2)cc1F. The van der Waals surface area contributed by atoms with E-state index in [-0.39, 0.29) is 5.56 Å². The van der Waals surface area contributed by atoms with Crippen LogP contribution in [0.5, 0.6) is 0 Å². The van der Waals surface area contributed by atoms with Gasteiger partial charge in [-0.1, -0.05) is 18.2 Å². The zero-order valence-electron chi connectivity index (χ0n) is 18.8. The molecule has 0 radical (unpaired) electrons. The van der Waals surface area contributed by atoms with Crippen molar-refractivity contribution in [3.63, 3.8) is 0 Å². The summed E-state index contributed by atoms with van der Waals surface area (Å²) in [6.07, 6.45) is 4.25. The molecule has 2 saturated heterocycles. The number of halogens is 2. The molecule has 2 amide bonds. The third-order valence-corrected chi connectivity index (χ3v) is 6.60.